The van der Waals surface area contributed by atoms with Gasteiger partial charge in [-0.15, -0.1) is 0 Å². The number of carbonyl (C=O) groups excluding carboxylic acids is 2. The number of ether oxygens (including phenoxy) is 2. The van der Waals surface area contributed by atoms with E-state index in [4.69, 9.17) is 13.9 Å². The fourth-order valence-corrected chi connectivity index (χ4v) is 2.65. The summed E-state index contributed by atoms with van der Waals surface area (Å²) in [7, 11) is 2.71. The number of phenolic OH excluding ortho intramolecular Hbond substituents is 1. The highest BCUT2D eigenvalue weighted by molar-refractivity contribution is 6.17. The number of aromatic hydroxyl groups is 1. The van der Waals surface area contributed by atoms with Crippen LogP contribution >= 0.6 is 0 Å². The molecular weight excluding hydrogens is 326 g/mol. The lowest BCUT2D eigenvalue weighted by Gasteiger charge is -2.13. The molecule has 3 aromatic rings. The molecule has 25 heavy (non-hydrogen) atoms. The summed E-state index contributed by atoms with van der Waals surface area (Å²) in [5.41, 5.74) is 0.447. The molecule has 0 saturated heterocycles. The number of aromatic nitrogens is 1. The van der Waals surface area contributed by atoms with Gasteiger partial charge in [-0.2, -0.15) is 0 Å². The minimum Gasteiger partial charge on any atom is -0.504 e. The fourth-order valence-electron chi connectivity index (χ4n) is 2.65. The minimum absolute atomic E-state index is 0.0120. The van der Waals surface area contributed by atoms with Crippen LogP contribution in [-0.4, -0.2) is 35.9 Å². The van der Waals surface area contributed by atoms with E-state index in [9.17, 15) is 14.7 Å². The maximum absolute atomic E-state index is 12.7. The van der Waals surface area contributed by atoms with Gasteiger partial charge in [-0.25, -0.2) is 0 Å². The number of ketones is 2. The Morgan fingerprint density at radius 3 is 2.56 bits per heavy atom. The normalized spacial score (nSPS) is 10.6. The molecule has 0 amide bonds. The average Bonchev–Trinajstić information content (AvgIpc) is 3.10. The number of fused-ring (bicyclic) bond motifs is 1. The van der Waals surface area contributed by atoms with Crippen molar-refractivity contribution in [3.05, 3.63) is 48.0 Å². The lowest BCUT2D eigenvalue weighted by atomic mass is 9.99. The number of benzene rings is 1. The third kappa shape index (κ3) is 2.80. The number of nitrogens with zero attached hydrogens (tertiary/aromatic N) is 1. The summed E-state index contributed by atoms with van der Waals surface area (Å²) >= 11 is 0. The molecular formula is C18H15NO6. The summed E-state index contributed by atoms with van der Waals surface area (Å²) < 4.78 is 15.7. The number of furan rings is 1. The highest BCUT2D eigenvalue weighted by Crippen LogP contribution is 2.46. The number of hydrogen-bond donors (Lipinski definition) is 1. The molecule has 3 rings (SSSR count). The number of hydrogen-bond acceptors (Lipinski definition) is 7. The van der Waals surface area contributed by atoms with Crippen LogP contribution in [0.2, 0.25) is 0 Å². The van der Waals surface area contributed by atoms with Crippen molar-refractivity contribution >= 4 is 22.5 Å². The first kappa shape index (κ1) is 16.5. The minimum atomic E-state index is -0.593. The molecule has 0 atom stereocenters. The van der Waals surface area contributed by atoms with E-state index in [0.29, 0.717) is 10.9 Å². The SMILES string of the molecule is COc1c(C(=O)CC(=O)c2cccnc2)c(O)c(OC)c2occc12. The van der Waals surface area contributed by atoms with Gasteiger partial charge in [-0.1, -0.05) is 0 Å². The first-order valence-corrected chi connectivity index (χ1v) is 7.39. The molecule has 7 nitrogen and oxygen atoms in total. The predicted octanol–water partition coefficient (Wildman–Crippen LogP) is 3.01. The second-order valence-electron chi connectivity index (χ2n) is 5.22. The summed E-state index contributed by atoms with van der Waals surface area (Å²) in [5, 5.41) is 10.9. The predicted molar refractivity (Wildman–Crippen MR) is 88.5 cm³/mol. The van der Waals surface area contributed by atoms with E-state index in [1.807, 2.05) is 0 Å². The summed E-state index contributed by atoms with van der Waals surface area (Å²) in [4.78, 5) is 28.8. The van der Waals surface area contributed by atoms with Crippen LogP contribution in [0.3, 0.4) is 0 Å². The smallest absolute Gasteiger partial charge is 0.205 e. The van der Waals surface area contributed by atoms with Crippen LogP contribution in [0.15, 0.2) is 41.3 Å². The summed E-state index contributed by atoms with van der Waals surface area (Å²) in [6.07, 6.45) is 3.87. The van der Waals surface area contributed by atoms with E-state index in [0.717, 1.165) is 0 Å². The number of methoxy groups -OCH3 is 2. The number of rotatable bonds is 6. The van der Waals surface area contributed by atoms with Gasteiger partial charge in [0.05, 0.1) is 32.3 Å². The van der Waals surface area contributed by atoms with E-state index < -0.39 is 23.7 Å². The third-order valence-electron chi connectivity index (χ3n) is 3.79. The first-order valence-electron chi connectivity index (χ1n) is 7.39. The Morgan fingerprint density at radius 1 is 1.16 bits per heavy atom. The zero-order chi connectivity index (χ0) is 18.0. The van der Waals surface area contributed by atoms with Gasteiger partial charge in [0.2, 0.25) is 5.75 Å². The Balaban J connectivity index is 2.06. The molecule has 1 N–H and O–H groups in total. The van der Waals surface area contributed by atoms with Gasteiger partial charge >= 0.3 is 0 Å². The molecule has 2 aromatic heterocycles. The number of phenols is 1. The molecule has 0 aliphatic heterocycles. The van der Waals surface area contributed by atoms with Crippen molar-refractivity contribution in [2.24, 2.45) is 0 Å². The van der Waals surface area contributed by atoms with Crippen molar-refractivity contribution in [2.45, 2.75) is 6.42 Å². The standard InChI is InChI=1S/C18H15NO6/c1-23-16-11-5-7-25-17(11)18(24-2)15(22)14(16)13(21)8-12(20)10-4-3-6-19-9-10/h3-7,9,22H,8H2,1-2H3. The van der Waals surface area contributed by atoms with Gasteiger partial charge in [-0.3, -0.25) is 14.6 Å². The van der Waals surface area contributed by atoms with Gasteiger partial charge in [-0.05, 0) is 18.2 Å². The van der Waals surface area contributed by atoms with Crippen LogP contribution in [0.5, 0.6) is 17.2 Å². The molecule has 0 fully saturated rings. The van der Waals surface area contributed by atoms with Gasteiger partial charge in [0, 0.05) is 18.0 Å². The van der Waals surface area contributed by atoms with Crippen molar-refractivity contribution < 1.29 is 28.6 Å². The Bertz CT molecular complexity index is 945. The van der Waals surface area contributed by atoms with Gasteiger partial charge in [0.15, 0.2) is 22.9 Å². The Hall–Kier alpha value is -3.35. The maximum Gasteiger partial charge on any atom is 0.205 e. The monoisotopic (exact) mass is 341 g/mol. The topological polar surface area (TPSA) is 98.9 Å². The molecule has 2 heterocycles. The highest BCUT2D eigenvalue weighted by atomic mass is 16.5. The van der Waals surface area contributed by atoms with Crippen molar-refractivity contribution in [3.8, 4) is 17.2 Å². The molecule has 0 aliphatic carbocycles. The maximum atomic E-state index is 12.7. The zero-order valence-corrected chi connectivity index (χ0v) is 13.6. The summed E-state index contributed by atoms with van der Waals surface area (Å²) in [6.45, 7) is 0. The molecule has 0 spiro atoms. The van der Waals surface area contributed by atoms with Gasteiger partial charge < -0.3 is 19.0 Å². The largest absolute Gasteiger partial charge is 0.504 e. The molecule has 128 valence electrons. The van der Waals surface area contributed by atoms with Crippen LogP contribution in [0.1, 0.15) is 27.1 Å². The fraction of sp³-hybridized carbons (Fsp3) is 0.167. The zero-order valence-electron chi connectivity index (χ0n) is 13.6. The van der Waals surface area contributed by atoms with E-state index in [2.05, 4.69) is 4.98 Å². The molecule has 0 saturated carbocycles. The molecule has 0 radical (unpaired) electrons. The van der Waals surface area contributed by atoms with Crippen LogP contribution < -0.4 is 9.47 Å². The second kappa shape index (κ2) is 6.64. The van der Waals surface area contributed by atoms with E-state index >= 15 is 0 Å². The number of carbonyl (C=O) groups is 2. The van der Waals surface area contributed by atoms with E-state index in [1.54, 1.807) is 18.2 Å². The molecule has 7 heteroatoms. The van der Waals surface area contributed by atoms with Crippen LogP contribution in [0.4, 0.5) is 0 Å². The Morgan fingerprint density at radius 2 is 1.92 bits per heavy atom. The molecule has 0 bridgehead atoms. The lowest BCUT2D eigenvalue weighted by Crippen LogP contribution is -2.11. The van der Waals surface area contributed by atoms with Crippen LogP contribution in [-0.2, 0) is 0 Å². The van der Waals surface area contributed by atoms with E-state index in [1.165, 1.54) is 32.9 Å². The number of pyridine rings is 1. The molecule has 1 aromatic carbocycles. The van der Waals surface area contributed by atoms with Gasteiger partial charge in [0.25, 0.3) is 0 Å². The molecule has 0 aliphatic rings. The highest BCUT2D eigenvalue weighted by Gasteiger charge is 2.28. The summed E-state index contributed by atoms with van der Waals surface area (Å²) in [6, 6.07) is 4.77. The van der Waals surface area contributed by atoms with Gasteiger partial charge in [0.1, 0.15) is 11.3 Å². The van der Waals surface area contributed by atoms with Crippen LogP contribution in [0.25, 0.3) is 11.0 Å². The quantitative estimate of drug-likeness (QED) is 0.543. The Kier molecular flexibility index (Phi) is 4.38. The number of Topliss-reactive ketones (excluding diaryl/α,β-unsaturated/α-hetero) is 2. The first-order chi connectivity index (χ1) is 12.1. The average molecular weight is 341 g/mol. The van der Waals surface area contributed by atoms with Crippen molar-refractivity contribution in [2.75, 3.05) is 14.2 Å². The van der Waals surface area contributed by atoms with Crippen molar-refractivity contribution in [3.63, 3.8) is 0 Å². The van der Waals surface area contributed by atoms with Crippen LogP contribution in [0, 0.1) is 0 Å². The van der Waals surface area contributed by atoms with Crippen molar-refractivity contribution in [1.29, 1.82) is 0 Å². The third-order valence-corrected chi connectivity index (χ3v) is 3.79. The van der Waals surface area contributed by atoms with E-state index in [-0.39, 0.29) is 22.6 Å². The lowest BCUT2D eigenvalue weighted by molar-refractivity contribution is 0.0891. The molecule has 0 unspecified atom stereocenters. The summed E-state index contributed by atoms with van der Waals surface area (Å²) in [5.74, 6) is -1.29. The second-order valence-corrected chi connectivity index (χ2v) is 5.22. The van der Waals surface area contributed by atoms with Crippen molar-refractivity contribution in [1.82, 2.24) is 4.98 Å². The Labute approximate surface area is 142 Å².